The molecule has 32 heavy (non-hydrogen) atoms. The third kappa shape index (κ3) is 9.20. The van der Waals surface area contributed by atoms with Crippen molar-refractivity contribution in [2.24, 2.45) is 5.92 Å². The molecule has 0 radical (unpaired) electrons. The lowest BCUT2D eigenvalue weighted by Gasteiger charge is -2.21. The van der Waals surface area contributed by atoms with Crippen LogP contribution in [-0.4, -0.2) is 30.7 Å². The van der Waals surface area contributed by atoms with Crippen LogP contribution in [0.25, 0.3) is 0 Å². The number of methoxy groups -OCH3 is 1. The first kappa shape index (κ1) is 24.9. The Bertz CT molecular complexity index is 904. The van der Waals surface area contributed by atoms with Crippen LogP contribution >= 0.6 is 0 Å². The highest BCUT2D eigenvalue weighted by molar-refractivity contribution is 5.80. The predicted molar refractivity (Wildman–Crippen MR) is 120 cm³/mol. The Morgan fingerprint density at radius 2 is 1.59 bits per heavy atom. The molecule has 0 aliphatic carbocycles. The second-order valence-electron chi connectivity index (χ2n) is 8.45. The number of rotatable bonds is 9. The molecule has 2 aromatic carbocycles. The second-order valence-corrected chi connectivity index (χ2v) is 8.45. The van der Waals surface area contributed by atoms with Gasteiger partial charge < -0.3 is 19.5 Å². The number of carbonyl (C=O) groups is 3. The highest BCUT2D eigenvalue weighted by Crippen LogP contribution is 2.18. The Hall–Kier alpha value is -3.35. The van der Waals surface area contributed by atoms with E-state index >= 15 is 0 Å². The average Bonchev–Trinajstić information content (AvgIpc) is 2.75. The molecule has 172 valence electrons. The van der Waals surface area contributed by atoms with Crippen molar-refractivity contribution < 1.29 is 28.6 Å². The van der Waals surface area contributed by atoms with E-state index in [1.807, 2.05) is 54.6 Å². The molecule has 0 aliphatic rings. The summed E-state index contributed by atoms with van der Waals surface area (Å²) in [4.78, 5) is 36.4. The summed E-state index contributed by atoms with van der Waals surface area (Å²) in [6.45, 7) is 5.80. The molecule has 0 unspecified atom stereocenters. The zero-order chi connectivity index (χ0) is 23.6. The van der Waals surface area contributed by atoms with Gasteiger partial charge in [-0.25, -0.2) is 4.79 Å². The van der Waals surface area contributed by atoms with Gasteiger partial charge in [0.1, 0.15) is 12.2 Å². The van der Waals surface area contributed by atoms with Crippen molar-refractivity contribution >= 4 is 18.0 Å². The minimum Gasteiger partial charge on any atom is -0.469 e. The van der Waals surface area contributed by atoms with E-state index in [1.165, 1.54) is 7.11 Å². The molecule has 2 rings (SSSR count). The van der Waals surface area contributed by atoms with Crippen molar-refractivity contribution in [3.63, 3.8) is 0 Å². The van der Waals surface area contributed by atoms with Crippen molar-refractivity contribution in [1.82, 2.24) is 5.32 Å². The van der Waals surface area contributed by atoms with Crippen LogP contribution in [0.2, 0.25) is 0 Å². The number of carbonyl (C=O) groups excluding carboxylic acids is 3. The van der Waals surface area contributed by atoms with Gasteiger partial charge in [0.05, 0.1) is 19.4 Å². The van der Waals surface area contributed by atoms with Crippen molar-refractivity contribution in [1.29, 1.82) is 0 Å². The molecule has 7 nitrogen and oxygen atoms in total. The summed E-state index contributed by atoms with van der Waals surface area (Å²) in [6.07, 6.45) is -0.271. The van der Waals surface area contributed by atoms with Crippen LogP contribution < -0.4 is 5.32 Å². The maximum absolute atomic E-state index is 12.2. The lowest BCUT2D eigenvalue weighted by atomic mass is 9.95. The monoisotopic (exact) mass is 441 g/mol. The normalized spacial score (nSPS) is 11.9. The Morgan fingerprint density at radius 1 is 0.938 bits per heavy atom. The largest absolute Gasteiger partial charge is 0.469 e. The van der Waals surface area contributed by atoms with Crippen LogP contribution in [0.3, 0.4) is 0 Å². The van der Waals surface area contributed by atoms with Crippen LogP contribution in [0, 0.1) is 5.92 Å². The summed E-state index contributed by atoms with van der Waals surface area (Å²) in [7, 11) is 1.30. The van der Waals surface area contributed by atoms with Gasteiger partial charge in [0, 0.05) is 6.54 Å². The molecular formula is C25H31NO6. The summed E-state index contributed by atoms with van der Waals surface area (Å²) >= 11 is 0. The quantitative estimate of drug-likeness (QED) is 0.464. The first-order chi connectivity index (χ1) is 15.2. The van der Waals surface area contributed by atoms with Crippen LogP contribution in [0.5, 0.6) is 0 Å². The molecule has 0 bridgehead atoms. The maximum Gasteiger partial charge on any atom is 0.407 e. The first-order valence-electron chi connectivity index (χ1n) is 10.5. The Labute approximate surface area is 189 Å². The molecular weight excluding hydrogens is 410 g/mol. The topological polar surface area (TPSA) is 90.9 Å². The number of amides is 1. The summed E-state index contributed by atoms with van der Waals surface area (Å²) in [5, 5.41) is 2.71. The Kier molecular flexibility index (Phi) is 9.25. The Balaban J connectivity index is 1.92. The summed E-state index contributed by atoms with van der Waals surface area (Å²) in [5.41, 5.74) is 1.97. The van der Waals surface area contributed by atoms with Crippen molar-refractivity contribution in [2.75, 3.05) is 7.11 Å². The van der Waals surface area contributed by atoms with E-state index in [4.69, 9.17) is 14.2 Å². The van der Waals surface area contributed by atoms with E-state index in [0.29, 0.717) is 6.42 Å². The van der Waals surface area contributed by atoms with E-state index in [0.717, 1.165) is 16.7 Å². The zero-order valence-electron chi connectivity index (χ0n) is 19.1. The minimum absolute atomic E-state index is 0.0712. The molecule has 0 aliphatic heterocycles. The molecule has 2 aromatic rings. The van der Waals surface area contributed by atoms with Crippen LogP contribution in [0.15, 0.2) is 54.6 Å². The van der Waals surface area contributed by atoms with Gasteiger partial charge in [-0.2, -0.15) is 0 Å². The minimum atomic E-state index is -0.658. The Morgan fingerprint density at radius 3 is 2.25 bits per heavy atom. The second kappa shape index (κ2) is 11.9. The van der Waals surface area contributed by atoms with Gasteiger partial charge in [0.25, 0.3) is 0 Å². The van der Waals surface area contributed by atoms with Crippen LogP contribution in [0.1, 0.15) is 43.9 Å². The fraction of sp³-hybridized carbons (Fsp3) is 0.400. The fourth-order valence-corrected chi connectivity index (χ4v) is 3.09. The zero-order valence-corrected chi connectivity index (χ0v) is 19.1. The van der Waals surface area contributed by atoms with Gasteiger partial charge in [-0.15, -0.1) is 0 Å². The summed E-state index contributed by atoms with van der Waals surface area (Å²) < 4.78 is 15.4. The molecule has 0 heterocycles. The van der Waals surface area contributed by atoms with Crippen LogP contribution in [-0.2, 0) is 43.4 Å². The lowest BCUT2D eigenvalue weighted by molar-refractivity contribution is -0.160. The predicted octanol–water partition coefficient (Wildman–Crippen LogP) is 4.18. The molecule has 1 amide bonds. The average molecular weight is 442 g/mol. The molecule has 0 aromatic heterocycles. The van der Waals surface area contributed by atoms with Gasteiger partial charge >= 0.3 is 18.0 Å². The van der Waals surface area contributed by atoms with Gasteiger partial charge in [0.2, 0.25) is 0 Å². The van der Waals surface area contributed by atoms with E-state index in [9.17, 15) is 14.4 Å². The van der Waals surface area contributed by atoms with Gasteiger partial charge in [-0.05, 0) is 43.9 Å². The van der Waals surface area contributed by atoms with Crippen molar-refractivity contribution in [3.05, 3.63) is 71.3 Å². The molecule has 0 fully saturated rings. The van der Waals surface area contributed by atoms with E-state index in [1.54, 1.807) is 20.8 Å². The smallest absolute Gasteiger partial charge is 0.407 e. The van der Waals surface area contributed by atoms with Gasteiger partial charge in [0.15, 0.2) is 0 Å². The highest BCUT2D eigenvalue weighted by Gasteiger charge is 2.26. The molecule has 0 saturated carbocycles. The first-order valence-corrected chi connectivity index (χ1v) is 10.5. The third-order valence-electron chi connectivity index (χ3n) is 4.49. The third-order valence-corrected chi connectivity index (χ3v) is 4.49. The lowest BCUT2D eigenvalue weighted by Crippen LogP contribution is -2.28. The van der Waals surface area contributed by atoms with Gasteiger partial charge in [-0.3, -0.25) is 9.59 Å². The van der Waals surface area contributed by atoms with E-state index in [-0.39, 0.29) is 19.6 Å². The highest BCUT2D eigenvalue weighted by atomic mass is 16.6. The summed E-state index contributed by atoms with van der Waals surface area (Å²) in [5.74, 6) is -1.58. The number of ether oxygens (including phenoxy) is 3. The fourth-order valence-electron chi connectivity index (χ4n) is 3.09. The number of alkyl carbamates (subject to hydrolysis) is 1. The van der Waals surface area contributed by atoms with Crippen LogP contribution in [0.4, 0.5) is 4.79 Å². The van der Waals surface area contributed by atoms with Gasteiger partial charge in [-0.1, -0.05) is 54.6 Å². The summed E-state index contributed by atoms with van der Waals surface area (Å²) in [6, 6.07) is 16.9. The molecule has 0 saturated heterocycles. The van der Waals surface area contributed by atoms with Crippen molar-refractivity contribution in [2.45, 2.75) is 52.4 Å². The van der Waals surface area contributed by atoms with E-state index in [2.05, 4.69) is 5.32 Å². The molecule has 7 heteroatoms. The number of hydrogen-bond acceptors (Lipinski definition) is 6. The molecule has 1 N–H and O–H groups in total. The number of hydrogen-bond donors (Lipinski definition) is 1. The van der Waals surface area contributed by atoms with Crippen molar-refractivity contribution in [3.8, 4) is 0 Å². The maximum atomic E-state index is 12.2. The molecule has 0 spiro atoms. The van der Waals surface area contributed by atoms with E-state index < -0.39 is 29.6 Å². The number of benzene rings is 2. The molecule has 1 atom stereocenters. The number of esters is 2. The number of nitrogens with one attached hydrogen (secondary N) is 1. The SMILES string of the molecule is COC(=O)[C@@H](CC(=O)OC(C)(C)C)Cc1cccc(CNC(=O)OCc2ccccc2)c1. The standard InChI is InChI=1S/C25H31NO6/c1-25(2,3)32-22(27)15-21(23(28)30-4)14-19-11-8-12-20(13-19)16-26-24(29)31-17-18-9-6-5-7-10-18/h5-13,21H,14-17H2,1-4H3,(H,26,29)/t21-/m1/s1.